The molecule has 1 unspecified atom stereocenters. The number of carbonyl (C=O) groups is 1. The lowest BCUT2D eigenvalue weighted by atomic mass is 10.1. The van der Waals surface area contributed by atoms with Gasteiger partial charge in [0.15, 0.2) is 9.84 Å². The summed E-state index contributed by atoms with van der Waals surface area (Å²) in [6, 6.07) is 5.49. The first-order valence-electron chi connectivity index (χ1n) is 6.35. The second-order valence-electron chi connectivity index (χ2n) is 4.67. The van der Waals surface area contributed by atoms with E-state index >= 15 is 0 Å². The van der Waals surface area contributed by atoms with Crippen LogP contribution in [-0.4, -0.2) is 37.7 Å². The van der Waals surface area contributed by atoms with E-state index in [0.29, 0.717) is 6.42 Å². The van der Waals surface area contributed by atoms with Gasteiger partial charge in [-0.15, -0.1) is 0 Å². The molecular formula is C13H19N3O4S. The predicted molar refractivity (Wildman–Crippen MR) is 79.1 cm³/mol. The van der Waals surface area contributed by atoms with E-state index in [4.69, 9.17) is 10.9 Å². The van der Waals surface area contributed by atoms with Gasteiger partial charge in [-0.25, -0.2) is 8.42 Å². The van der Waals surface area contributed by atoms with Crippen LogP contribution in [0.1, 0.15) is 30.1 Å². The molecule has 0 aromatic heterocycles. The molecule has 21 heavy (non-hydrogen) atoms. The highest BCUT2D eigenvalue weighted by Crippen LogP contribution is 2.12. The van der Waals surface area contributed by atoms with Crippen molar-refractivity contribution < 1.29 is 18.4 Å². The second-order valence-corrected chi connectivity index (χ2v) is 6.69. The number of sulfone groups is 1. The van der Waals surface area contributed by atoms with Crippen molar-refractivity contribution in [1.29, 1.82) is 0 Å². The van der Waals surface area contributed by atoms with E-state index in [1.165, 1.54) is 24.3 Å². The van der Waals surface area contributed by atoms with Crippen molar-refractivity contribution in [3.63, 3.8) is 0 Å². The fourth-order valence-electron chi connectivity index (χ4n) is 1.73. The monoisotopic (exact) mass is 313 g/mol. The van der Waals surface area contributed by atoms with Gasteiger partial charge in [0.05, 0.1) is 4.90 Å². The fourth-order valence-corrected chi connectivity index (χ4v) is 2.39. The number of oxime groups is 1. The molecule has 0 bridgehead atoms. The molecule has 116 valence electrons. The molecule has 0 saturated heterocycles. The average Bonchev–Trinajstić information content (AvgIpc) is 2.45. The summed E-state index contributed by atoms with van der Waals surface area (Å²) in [6.45, 7) is 1.85. The van der Waals surface area contributed by atoms with Gasteiger partial charge in [-0.3, -0.25) is 4.79 Å². The molecule has 1 aromatic rings. The number of benzene rings is 1. The summed E-state index contributed by atoms with van der Waals surface area (Å²) < 4.78 is 23.0. The van der Waals surface area contributed by atoms with Gasteiger partial charge in [-0.05, 0) is 24.6 Å². The lowest BCUT2D eigenvalue weighted by Gasteiger charge is -2.16. The summed E-state index contributed by atoms with van der Waals surface area (Å²) in [4.78, 5) is 12.2. The maximum absolute atomic E-state index is 12.1. The highest BCUT2D eigenvalue weighted by atomic mass is 32.2. The Balaban J connectivity index is 2.89. The fraction of sp³-hybridized carbons (Fsp3) is 0.385. The van der Waals surface area contributed by atoms with Crippen molar-refractivity contribution in [2.75, 3.05) is 6.26 Å². The predicted octanol–water partition coefficient (Wildman–Crippen LogP) is 0.735. The van der Waals surface area contributed by atoms with Crippen LogP contribution in [0.15, 0.2) is 34.3 Å². The van der Waals surface area contributed by atoms with Crippen molar-refractivity contribution in [2.45, 2.75) is 30.7 Å². The Morgan fingerprint density at radius 1 is 1.48 bits per heavy atom. The summed E-state index contributed by atoms with van der Waals surface area (Å²) in [5, 5.41) is 14.1. The Bertz CT molecular complexity index is 641. The van der Waals surface area contributed by atoms with Gasteiger partial charge < -0.3 is 16.3 Å². The van der Waals surface area contributed by atoms with E-state index in [2.05, 4.69) is 10.5 Å². The number of hydrogen-bond donors (Lipinski definition) is 3. The minimum absolute atomic E-state index is 0.0204. The molecule has 1 atom stereocenters. The van der Waals surface area contributed by atoms with Crippen molar-refractivity contribution in [3.8, 4) is 0 Å². The number of amidine groups is 1. The first-order chi connectivity index (χ1) is 9.77. The van der Waals surface area contributed by atoms with Crippen LogP contribution in [0.2, 0.25) is 0 Å². The topological polar surface area (TPSA) is 122 Å². The molecule has 8 heteroatoms. The van der Waals surface area contributed by atoms with Gasteiger partial charge >= 0.3 is 0 Å². The molecule has 0 radical (unpaired) electrons. The zero-order valence-electron chi connectivity index (χ0n) is 11.9. The highest BCUT2D eigenvalue weighted by Gasteiger charge is 2.16. The lowest BCUT2D eigenvalue weighted by Crippen LogP contribution is -2.37. The number of carbonyl (C=O) groups excluding carboxylic acids is 1. The maximum Gasteiger partial charge on any atom is 0.251 e. The number of nitrogens with zero attached hydrogens (tertiary/aromatic N) is 1. The van der Waals surface area contributed by atoms with Gasteiger partial charge in [0.25, 0.3) is 5.91 Å². The summed E-state index contributed by atoms with van der Waals surface area (Å²) in [6.07, 6.45) is 1.88. The van der Waals surface area contributed by atoms with Crippen LogP contribution in [0.3, 0.4) is 0 Å². The molecule has 0 aliphatic carbocycles. The van der Waals surface area contributed by atoms with Crippen LogP contribution in [0, 0.1) is 0 Å². The standard InChI is InChI=1S/C13H19N3O4S/c1-3-10(8-12(14)16-18)15-13(17)9-5-4-6-11(7-9)21(2,19)20/h4-7,10,18H,3,8H2,1-2H3,(H2,14,16)(H,15,17). The summed E-state index contributed by atoms with van der Waals surface area (Å²) in [5.74, 6) is -0.384. The van der Waals surface area contributed by atoms with Gasteiger partial charge in [0.1, 0.15) is 5.84 Å². The maximum atomic E-state index is 12.1. The number of nitrogens with two attached hydrogens (primary N) is 1. The van der Waals surface area contributed by atoms with Crippen molar-refractivity contribution in [2.24, 2.45) is 10.9 Å². The Kier molecular flexibility index (Phi) is 5.71. The zero-order valence-corrected chi connectivity index (χ0v) is 12.7. The lowest BCUT2D eigenvalue weighted by molar-refractivity contribution is 0.0936. The van der Waals surface area contributed by atoms with Crippen molar-refractivity contribution in [3.05, 3.63) is 29.8 Å². The second kappa shape index (κ2) is 7.07. The molecule has 0 heterocycles. The minimum atomic E-state index is -3.37. The summed E-state index contributed by atoms with van der Waals surface area (Å²) in [7, 11) is -3.37. The van der Waals surface area contributed by atoms with E-state index in [9.17, 15) is 13.2 Å². The van der Waals surface area contributed by atoms with E-state index < -0.39 is 15.7 Å². The van der Waals surface area contributed by atoms with Gasteiger partial charge in [0.2, 0.25) is 0 Å². The Hall–Kier alpha value is -2.09. The molecule has 1 rings (SSSR count). The summed E-state index contributed by atoms with van der Waals surface area (Å²) >= 11 is 0. The third-order valence-corrected chi connectivity index (χ3v) is 4.05. The van der Waals surface area contributed by atoms with Gasteiger partial charge in [-0.2, -0.15) is 0 Å². The quantitative estimate of drug-likeness (QED) is 0.309. The van der Waals surface area contributed by atoms with E-state index in [1.54, 1.807) is 0 Å². The normalized spacial score (nSPS) is 13.7. The molecule has 0 aliphatic heterocycles. The first kappa shape index (κ1) is 17.0. The van der Waals surface area contributed by atoms with Crippen LogP contribution in [0.25, 0.3) is 0 Å². The van der Waals surface area contributed by atoms with Gasteiger partial charge in [-0.1, -0.05) is 18.1 Å². The third kappa shape index (κ3) is 5.07. The number of hydrogen-bond acceptors (Lipinski definition) is 5. The van der Waals surface area contributed by atoms with Crippen LogP contribution >= 0.6 is 0 Å². The van der Waals surface area contributed by atoms with Crippen molar-refractivity contribution in [1.82, 2.24) is 5.32 Å². The molecule has 0 aliphatic rings. The number of rotatable bonds is 6. The molecule has 4 N–H and O–H groups in total. The van der Waals surface area contributed by atoms with Crippen LogP contribution < -0.4 is 11.1 Å². The number of nitrogens with one attached hydrogen (secondary N) is 1. The molecule has 1 aromatic carbocycles. The van der Waals surface area contributed by atoms with E-state index in [-0.39, 0.29) is 28.8 Å². The average molecular weight is 313 g/mol. The zero-order chi connectivity index (χ0) is 16.0. The Morgan fingerprint density at radius 3 is 2.67 bits per heavy atom. The number of amides is 1. The SMILES string of the molecule is CCC(CC(N)=NO)NC(=O)c1cccc(S(C)(=O)=O)c1. The summed E-state index contributed by atoms with van der Waals surface area (Å²) in [5.41, 5.74) is 5.66. The van der Waals surface area contributed by atoms with E-state index in [0.717, 1.165) is 6.26 Å². The smallest absolute Gasteiger partial charge is 0.251 e. The molecule has 0 fully saturated rings. The third-order valence-electron chi connectivity index (χ3n) is 2.94. The van der Waals surface area contributed by atoms with Crippen molar-refractivity contribution >= 4 is 21.6 Å². The highest BCUT2D eigenvalue weighted by molar-refractivity contribution is 7.90. The Morgan fingerprint density at radius 2 is 2.14 bits per heavy atom. The molecule has 1 amide bonds. The van der Waals surface area contributed by atoms with E-state index in [1.807, 2.05) is 6.92 Å². The molecule has 7 nitrogen and oxygen atoms in total. The van der Waals surface area contributed by atoms with Crippen LogP contribution in [0.4, 0.5) is 0 Å². The molecule has 0 saturated carbocycles. The minimum Gasteiger partial charge on any atom is -0.409 e. The van der Waals surface area contributed by atoms with Gasteiger partial charge in [0, 0.05) is 24.3 Å². The van der Waals surface area contributed by atoms with Crippen LogP contribution in [-0.2, 0) is 9.84 Å². The van der Waals surface area contributed by atoms with Crippen LogP contribution in [0.5, 0.6) is 0 Å². The largest absolute Gasteiger partial charge is 0.409 e. The molecule has 0 spiro atoms. The molecular weight excluding hydrogens is 294 g/mol. The first-order valence-corrected chi connectivity index (χ1v) is 8.24. The Labute approximate surface area is 123 Å².